The average Bonchev–Trinajstić information content (AvgIpc) is 3.16. The first kappa shape index (κ1) is 19.2. The predicted octanol–water partition coefficient (Wildman–Crippen LogP) is 4.33. The Kier molecular flexibility index (Phi) is 6.01. The SMILES string of the molecule is COc1ccc(C(C)=O)cc1CC(=O)Nc1cc(Cl)ccc1N1CCCC1. The number of ether oxygens (including phenoxy) is 1. The number of benzene rings is 2. The zero-order valence-electron chi connectivity index (χ0n) is 15.5. The van der Waals surface area contributed by atoms with Gasteiger partial charge in [0.2, 0.25) is 5.91 Å². The lowest BCUT2D eigenvalue weighted by molar-refractivity contribution is -0.115. The highest BCUT2D eigenvalue weighted by Gasteiger charge is 2.18. The van der Waals surface area contributed by atoms with Gasteiger partial charge in [-0.3, -0.25) is 9.59 Å². The molecule has 0 saturated carbocycles. The van der Waals surface area contributed by atoms with E-state index < -0.39 is 0 Å². The summed E-state index contributed by atoms with van der Waals surface area (Å²) in [6, 6.07) is 10.7. The van der Waals surface area contributed by atoms with E-state index in [1.807, 2.05) is 12.1 Å². The Morgan fingerprint density at radius 2 is 1.89 bits per heavy atom. The van der Waals surface area contributed by atoms with Crippen molar-refractivity contribution >= 4 is 34.7 Å². The molecule has 0 aliphatic carbocycles. The number of methoxy groups -OCH3 is 1. The van der Waals surface area contributed by atoms with Gasteiger partial charge in [-0.15, -0.1) is 0 Å². The number of nitrogens with zero attached hydrogens (tertiary/aromatic N) is 1. The van der Waals surface area contributed by atoms with Crippen LogP contribution in [0.1, 0.15) is 35.7 Å². The molecule has 27 heavy (non-hydrogen) atoms. The summed E-state index contributed by atoms with van der Waals surface area (Å²) >= 11 is 6.14. The third-order valence-electron chi connectivity index (χ3n) is 4.72. The topological polar surface area (TPSA) is 58.6 Å². The van der Waals surface area contributed by atoms with Crippen LogP contribution in [0.4, 0.5) is 11.4 Å². The third kappa shape index (κ3) is 4.61. The normalized spacial score (nSPS) is 13.5. The van der Waals surface area contributed by atoms with Gasteiger partial charge in [0.05, 0.1) is 24.9 Å². The largest absolute Gasteiger partial charge is 0.496 e. The van der Waals surface area contributed by atoms with Crippen LogP contribution < -0.4 is 15.0 Å². The fourth-order valence-corrected chi connectivity index (χ4v) is 3.52. The molecule has 0 aromatic heterocycles. The molecule has 142 valence electrons. The summed E-state index contributed by atoms with van der Waals surface area (Å²) in [5.41, 5.74) is 2.91. The fraction of sp³-hybridized carbons (Fsp3) is 0.333. The van der Waals surface area contributed by atoms with Gasteiger partial charge in [0.25, 0.3) is 0 Å². The van der Waals surface area contributed by atoms with Crippen molar-refractivity contribution in [3.63, 3.8) is 0 Å². The van der Waals surface area contributed by atoms with E-state index in [1.165, 1.54) is 6.92 Å². The quantitative estimate of drug-likeness (QED) is 0.750. The number of Topliss-reactive ketones (excluding diaryl/α,β-unsaturated/α-hetero) is 1. The molecule has 0 radical (unpaired) electrons. The molecule has 1 fully saturated rings. The summed E-state index contributed by atoms with van der Waals surface area (Å²) < 4.78 is 5.33. The number of carbonyl (C=O) groups excluding carboxylic acids is 2. The number of halogens is 1. The highest BCUT2D eigenvalue weighted by atomic mass is 35.5. The van der Waals surface area contributed by atoms with Crippen molar-refractivity contribution < 1.29 is 14.3 Å². The number of ketones is 1. The van der Waals surface area contributed by atoms with Crippen molar-refractivity contribution in [1.29, 1.82) is 0 Å². The van der Waals surface area contributed by atoms with Crippen LogP contribution in [0.25, 0.3) is 0 Å². The van der Waals surface area contributed by atoms with E-state index in [9.17, 15) is 9.59 Å². The lowest BCUT2D eigenvalue weighted by atomic mass is 10.0. The Morgan fingerprint density at radius 1 is 1.15 bits per heavy atom. The summed E-state index contributed by atoms with van der Waals surface area (Å²) in [6.45, 7) is 3.44. The summed E-state index contributed by atoms with van der Waals surface area (Å²) in [7, 11) is 1.55. The van der Waals surface area contributed by atoms with Gasteiger partial charge in [-0.1, -0.05) is 11.6 Å². The van der Waals surface area contributed by atoms with Gasteiger partial charge in [0.15, 0.2) is 5.78 Å². The molecule has 6 heteroatoms. The Balaban J connectivity index is 1.81. The lowest BCUT2D eigenvalue weighted by Crippen LogP contribution is -2.22. The first-order valence-corrected chi connectivity index (χ1v) is 9.38. The first-order valence-electron chi connectivity index (χ1n) is 9.00. The van der Waals surface area contributed by atoms with E-state index in [0.29, 0.717) is 27.6 Å². The van der Waals surface area contributed by atoms with Crippen molar-refractivity contribution in [2.45, 2.75) is 26.2 Å². The minimum atomic E-state index is -0.184. The number of amides is 1. The smallest absolute Gasteiger partial charge is 0.228 e. The molecule has 1 aliphatic rings. The van der Waals surface area contributed by atoms with Crippen LogP contribution in [0, 0.1) is 0 Å². The zero-order chi connectivity index (χ0) is 19.4. The van der Waals surface area contributed by atoms with Crippen LogP contribution in [-0.2, 0) is 11.2 Å². The minimum absolute atomic E-state index is 0.0505. The second kappa shape index (κ2) is 8.44. The molecule has 1 heterocycles. The molecule has 2 aromatic rings. The maximum absolute atomic E-state index is 12.7. The number of hydrogen-bond donors (Lipinski definition) is 1. The Bertz CT molecular complexity index is 861. The second-order valence-corrected chi connectivity index (χ2v) is 7.10. The van der Waals surface area contributed by atoms with Crippen LogP contribution >= 0.6 is 11.6 Å². The van der Waals surface area contributed by atoms with E-state index in [0.717, 1.165) is 31.6 Å². The maximum Gasteiger partial charge on any atom is 0.228 e. The molecule has 1 saturated heterocycles. The highest BCUT2D eigenvalue weighted by Crippen LogP contribution is 2.32. The van der Waals surface area contributed by atoms with Crippen LogP contribution in [0.3, 0.4) is 0 Å². The van der Waals surface area contributed by atoms with Crippen molar-refractivity contribution in [3.8, 4) is 5.75 Å². The van der Waals surface area contributed by atoms with E-state index in [2.05, 4.69) is 10.2 Å². The number of carbonyl (C=O) groups is 2. The van der Waals surface area contributed by atoms with Gasteiger partial charge in [-0.25, -0.2) is 0 Å². The van der Waals surface area contributed by atoms with Crippen LogP contribution in [0.2, 0.25) is 5.02 Å². The summed E-state index contributed by atoms with van der Waals surface area (Å²) in [4.78, 5) is 26.6. The van der Waals surface area contributed by atoms with E-state index in [-0.39, 0.29) is 18.1 Å². The molecule has 1 N–H and O–H groups in total. The summed E-state index contributed by atoms with van der Waals surface area (Å²) in [5, 5.41) is 3.54. The molecular weight excluding hydrogens is 364 g/mol. The van der Waals surface area contributed by atoms with Crippen molar-refractivity contribution in [2.24, 2.45) is 0 Å². The van der Waals surface area contributed by atoms with Crippen molar-refractivity contribution in [2.75, 3.05) is 30.4 Å². The van der Waals surface area contributed by atoms with Gasteiger partial charge in [-0.2, -0.15) is 0 Å². The molecule has 0 unspecified atom stereocenters. The lowest BCUT2D eigenvalue weighted by Gasteiger charge is -2.22. The van der Waals surface area contributed by atoms with Crippen LogP contribution in [-0.4, -0.2) is 31.9 Å². The standard InChI is InChI=1S/C21H23ClN2O3/c1-14(25)15-5-8-20(27-2)16(11-15)12-21(26)23-18-13-17(22)6-7-19(18)24-9-3-4-10-24/h5-8,11,13H,3-4,9-10,12H2,1-2H3,(H,23,26). The maximum atomic E-state index is 12.7. The van der Waals surface area contributed by atoms with E-state index in [4.69, 9.17) is 16.3 Å². The summed E-state index contributed by atoms with van der Waals surface area (Å²) in [6.07, 6.45) is 2.40. The number of anilines is 2. The summed E-state index contributed by atoms with van der Waals surface area (Å²) in [5.74, 6) is 0.350. The predicted molar refractivity (Wildman–Crippen MR) is 108 cm³/mol. The highest BCUT2D eigenvalue weighted by molar-refractivity contribution is 6.31. The van der Waals surface area contributed by atoms with Gasteiger partial charge in [0.1, 0.15) is 5.75 Å². The number of nitrogens with one attached hydrogen (secondary N) is 1. The molecule has 0 atom stereocenters. The van der Waals surface area contributed by atoms with Gasteiger partial charge < -0.3 is 15.0 Å². The van der Waals surface area contributed by atoms with Crippen molar-refractivity contribution in [1.82, 2.24) is 0 Å². The molecule has 0 spiro atoms. The molecule has 0 bridgehead atoms. The number of hydrogen-bond acceptors (Lipinski definition) is 4. The molecule has 2 aromatic carbocycles. The van der Waals surface area contributed by atoms with Crippen LogP contribution in [0.5, 0.6) is 5.75 Å². The van der Waals surface area contributed by atoms with E-state index >= 15 is 0 Å². The van der Waals surface area contributed by atoms with Crippen molar-refractivity contribution in [3.05, 3.63) is 52.5 Å². The minimum Gasteiger partial charge on any atom is -0.496 e. The van der Waals surface area contributed by atoms with Gasteiger partial charge >= 0.3 is 0 Å². The Labute approximate surface area is 164 Å². The molecule has 5 nitrogen and oxygen atoms in total. The Hall–Kier alpha value is -2.53. The molecule has 1 aliphatic heterocycles. The molecule has 3 rings (SSSR count). The fourth-order valence-electron chi connectivity index (χ4n) is 3.35. The third-order valence-corrected chi connectivity index (χ3v) is 4.95. The van der Waals surface area contributed by atoms with Gasteiger partial charge in [-0.05, 0) is 56.2 Å². The molecular formula is C21H23ClN2O3. The average molecular weight is 387 g/mol. The second-order valence-electron chi connectivity index (χ2n) is 6.66. The number of rotatable bonds is 6. The van der Waals surface area contributed by atoms with E-state index in [1.54, 1.807) is 31.4 Å². The van der Waals surface area contributed by atoms with Gasteiger partial charge in [0, 0.05) is 29.2 Å². The first-order chi connectivity index (χ1) is 13.0. The van der Waals surface area contributed by atoms with Crippen LogP contribution in [0.15, 0.2) is 36.4 Å². The monoisotopic (exact) mass is 386 g/mol. The zero-order valence-corrected chi connectivity index (χ0v) is 16.3. The Morgan fingerprint density at radius 3 is 2.56 bits per heavy atom. The molecule has 1 amide bonds.